The minimum Gasteiger partial charge on any atom is -0.348 e. The molecule has 2 aromatic rings. The van der Waals surface area contributed by atoms with E-state index in [4.69, 9.17) is 0 Å². The highest BCUT2D eigenvalue weighted by Gasteiger charge is 2.10. The zero-order chi connectivity index (χ0) is 18.4. The van der Waals surface area contributed by atoms with Gasteiger partial charge in [-0.15, -0.1) is 0 Å². The smallest absolute Gasteiger partial charge is 0.253 e. The van der Waals surface area contributed by atoms with Crippen molar-refractivity contribution in [1.82, 2.24) is 15.6 Å². The van der Waals surface area contributed by atoms with Crippen LogP contribution in [0.1, 0.15) is 52.0 Å². The fourth-order valence-electron chi connectivity index (χ4n) is 2.86. The van der Waals surface area contributed by atoms with Crippen LogP contribution in [0.25, 0.3) is 0 Å². The normalized spacial score (nSPS) is 12.0. The highest BCUT2D eigenvalue weighted by Crippen LogP contribution is 2.19. The van der Waals surface area contributed by atoms with Gasteiger partial charge in [0, 0.05) is 23.4 Å². The number of carbonyl (C=O) groups is 1. The highest BCUT2D eigenvalue weighted by atomic mass is 16.1. The summed E-state index contributed by atoms with van der Waals surface area (Å²) in [7, 11) is 1.95. The van der Waals surface area contributed by atoms with E-state index in [9.17, 15) is 9.59 Å². The molecule has 0 aliphatic rings. The molecule has 0 aliphatic heterocycles. The van der Waals surface area contributed by atoms with Crippen LogP contribution in [0.4, 0.5) is 0 Å². The van der Waals surface area contributed by atoms with Crippen molar-refractivity contribution >= 4 is 5.91 Å². The van der Waals surface area contributed by atoms with Crippen LogP contribution in [-0.2, 0) is 6.54 Å². The lowest BCUT2D eigenvalue weighted by atomic mass is 9.96. The van der Waals surface area contributed by atoms with E-state index in [0.717, 1.165) is 24.2 Å². The molecule has 1 aromatic carbocycles. The van der Waals surface area contributed by atoms with Crippen LogP contribution in [0, 0.1) is 13.8 Å². The van der Waals surface area contributed by atoms with Gasteiger partial charge in [-0.1, -0.05) is 19.1 Å². The molecule has 2 rings (SSSR count). The molecule has 25 heavy (non-hydrogen) atoms. The number of hydrogen-bond acceptors (Lipinski definition) is 3. The van der Waals surface area contributed by atoms with Gasteiger partial charge in [0.15, 0.2) is 0 Å². The number of aryl methyl sites for hydroxylation is 2. The molecule has 1 heterocycles. The lowest BCUT2D eigenvalue weighted by molar-refractivity contribution is 0.0950. The first-order valence-electron chi connectivity index (χ1n) is 8.64. The molecule has 1 unspecified atom stereocenters. The van der Waals surface area contributed by atoms with E-state index in [1.165, 1.54) is 5.56 Å². The van der Waals surface area contributed by atoms with Crippen molar-refractivity contribution in [2.24, 2.45) is 0 Å². The summed E-state index contributed by atoms with van der Waals surface area (Å²) in [6.07, 6.45) is 1.05. The Hall–Kier alpha value is -2.40. The molecule has 3 N–H and O–H groups in total. The molecule has 1 aromatic heterocycles. The SMILES string of the molecule is CNCCC(C)c1ccc(C(=O)NCc2c(C)cc(C)[nH]c2=O)cc1. The van der Waals surface area contributed by atoms with E-state index in [2.05, 4.69) is 22.5 Å². The molecule has 134 valence electrons. The number of hydrogen-bond donors (Lipinski definition) is 3. The van der Waals surface area contributed by atoms with Crippen LogP contribution in [0.2, 0.25) is 0 Å². The maximum atomic E-state index is 12.3. The van der Waals surface area contributed by atoms with E-state index in [-0.39, 0.29) is 18.0 Å². The van der Waals surface area contributed by atoms with E-state index in [1.54, 1.807) is 0 Å². The number of benzene rings is 1. The summed E-state index contributed by atoms with van der Waals surface area (Å²) in [6.45, 7) is 7.09. The van der Waals surface area contributed by atoms with Crippen molar-refractivity contribution in [3.05, 3.63) is 68.6 Å². The largest absolute Gasteiger partial charge is 0.348 e. The average molecular weight is 341 g/mol. The second-order valence-electron chi connectivity index (χ2n) is 6.54. The summed E-state index contributed by atoms with van der Waals surface area (Å²) in [5.74, 6) is 0.270. The monoisotopic (exact) mass is 341 g/mol. The van der Waals surface area contributed by atoms with Crippen molar-refractivity contribution in [2.45, 2.75) is 39.7 Å². The number of aromatic nitrogens is 1. The van der Waals surface area contributed by atoms with Gasteiger partial charge in [0.05, 0.1) is 0 Å². The van der Waals surface area contributed by atoms with Gasteiger partial charge in [-0.2, -0.15) is 0 Å². The molecule has 0 aliphatic carbocycles. The van der Waals surface area contributed by atoms with E-state index in [1.807, 2.05) is 51.2 Å². The molecular weight excluding hydrogens is 314 g/mol. The third-order valence-electron chi connectivity index (χ3n) is 4.49. The Morgan fingerprint density at radius 1 is 1.20 bits per heavy atom. The van der Waals surface area contributed by atoms with Gasteiger partial charge in [-0.05, 0) is 69.1 Å². The molecule has 5 nitrogen and oxygen atoms in total. The molecule has 1 atom stereocenters. The van der Waals surface area contributed by atoms with Gasteiger partial charge in [0.2, 0.25) is 0 Å². The number of pyridine rings is 1. The van der Waals surface area contributed by atoms with Crippen molar-refractivity contribution < 1.29 is 4.79 Å². The highest BCUT2D eigenvalue weighted by molar-refractivity contribution is 5.94. The summed E-state index contributed by atoms with van der Waals surface area (Å²) in [6, 6.07) is 9.59. The van der Waals surface area contributed by atoms with Crippen LogP contribution in [0.3, 0.4) is 0 Å². The van der Waals surface area contributed by atoms with Crippen molar-refractivity contribution in [3.63, 3.8) is 0 Å². The number of rotatable bonds is 7. The maximum Gasteiger partial charge on any atom is 0.253 e. The predicted molar refractivity (Wildman–Crippen MR) is 101 cm³/mol. The number of nitrogens with one attached hydrogen (secondary N) is 3. The van der Waals surface area contributed by atoms with Gasteiger partial charge in [0.25, 0.3) is 11.5 Å². The van der Waals surface area contributed by atoms with E-state index in [0.29, 0.717) is 17.0 Å². The molecule has 0 radical (unpaired) electrons. The molecular formula is C20H27N3O2. The second kappa shape index (κ2) is 8.62. The minimum atomic E-state index is -0.172. The first kappa shape index (κ1) is 18.9. The lowest BCUT2D eigenvalue weighted by Gasteiger charge is -2.12. The summed E-state index contributed by atoms with van der Waals surface area (Å²) in [5.41, 5.74) is 3.97. The minimum absolute atomic E-state index is 0.147. The summed E-state index contributed by atoms with van der Waals surface area (Å²) >= 11 is 0. The van der Waals surface area contributed by atoms with Crippen molar-refractivity contribution in [1.29, 1.82) is 0 Å². The molecule has 0 saturated carbocycles. The van der Waals surface area contributed by atoms with Crippen molar-refractivity contribution in [3.8, 4) is 0 Å². The zero-order valence-electron chi connectivity index (χ0n) is 15.4. The van der Waals surface area contributed by atoms with Gasteiger partial charge >= 0.3 is 0 Å². The summed E-state index contributed by atoms with van der Waals surface area (Å²) < 4.78 is 0. The van der Waals surface area contributed by atoms with Gasteiger partial charge in [-0.3, -0.25) is 9.59 Å². The van der Waals surface area contributed by atoms with Gasteiger partial charge < -0.3 is 15.6 Å². The quantitative estimate of drug-likeness (QED) is 0.725. The summed E-state index contributed by atoms with van der Waals surface area (Å²) in [4.78, 5) is 27.1. The fourth-order valence-corrected chi connectivity index (χ4v) is 2.86. The Balaban J connectivity index is 2.01. The van der Waals surface area contributed by atoms with Crippen molar-refractivity contribution in [2.75, 3.05) is 13.6 Å². The van der Waals surface area contributed by atoms with Crippen LogP contribution < -0.4 is 16.2 Å². The van der Waals surface area contributed by atoms with Crippen LogP contribution in [0.5, 0.6) is 0 Å². The Labute approximate surface area is 148 Å². The van der Waals surface area contributed by atoms with Gasteiger partial charge in [-0.25, -0.2) is 0 Å². The number of H-pyrrole nitrogens is 1. The zero-order valence-corrected chi connectivity index (χ0v) is 15.4. The standard InChI is InChI=1S/C20H27N3O2/c1-13(9-10-21-4)16-5-7-17(8-6-16)19(24)22-12-18-14(2)11-15(3)23-20(18)25/h5-8,11,13,21H,9-10,12H2,1-4H3,(H,22,24)(H,23,25). The Bertz CT molecular complexity index is 779. The first-order valence-corrected chi connectivity index (χ1v) is 8.64. The predicted octanol–water partition coefficient (Wildman–Crippen LogP) is 2.63. The third-order valence-corrected chi connectivity index (χ3v) is 4.49. The Morgan fingerprint density at radius 2 is 1.88 bits per heavy atom. The molecule has 0 fully saturated rings. The molecule has 0 spiro atoms. The van der Waals surface area contributed by atoms with Gasteiger partial charge in [0.1, 0.15) is 0 Å². The topological polar surface area (TPSA) is 74.0 Å². The third kappa shape index (κ3) is 5.03. The number of carbonyl (C=O) groups excluding carboxylic acids is 1. The lowest BCUT2D eigenvalue weighted by Crippen LogP contribution is -2.27. The molecule has 0 bridgehead atoms. The maximum absolute atomic E-state index is 12.3. The number of aromatic amines is 1. The molecule has 5 heteroatoms. The average Bonchev–Trinajstić information content (AvgIpc) is 2.58. The van der Waals surface area contributed by atoms with Crippen LogP contribution in [0.15, 0.2) is 35.1 Å². The van der Waals surface area contributed by atoms with E-state index < -0.39 is 0 Å². The number of amides is 1. The fraction of sp³-hybridized carbons (Fsp3) is 0.400. The Kier molecular flexibility index (Phi) is 6.53. The van der Waals surface area contributed by atoms with Crippen LogP contribution >= 0.6 is 0 Å². The molecule has 0 saturated heterocycles. The molecule has 1 amide bonds. The second-order valence-corrected chi connectivity index (χ2v) is 6.54. The van der Waals surface area contributed by atoms with E-state index >= 15 is 0 Å². The Morgan fingerprint density at radius 3 is 2.48 bits per heavy atom. The summed E-state index contributed by atoms with van der Waals surface area (Å²) in [5, 5.41) is 5.98. The van der Waals surface area contributed by atoms with Crippen LogP contribution in [-0.4, -0.2) is 24.5 Å². The first-order chi connectivity index (χ1) is 11.9.